The third-order valence-electron chi connectivity index (χ3n) is 2.40. The lowest BCUT2D eigenvalue weighted by Gasteiger charge is -2.06. The zero-order chi connectivity index (χ0) is 14.7. The maximum atomic E-state index is 9.35. The number of phenols is 2. The van der Waals surface area contributed by atoms with Gasteiger partial charge in [-0.15, -0.1) is 0 Å². The van der Waals surface area contributed by atoms with Gasteiger partial charge in [0.05, 0.1) is 21.9 Å². The van der Waals surface area contributed by atoms with Crippen molar-refractivity contribution in [2.75, 3.05) is 5.43 Å². The van der Waals surface area contributed by atoms with Crippen molar-refractivity contribution in [3.8, 4) is 11.5 Å². The Morgan fingerprint density at radius 3 is 2.20 bits per heavy atom. The van der Waals surface area contributed by atoms with Crippen LogP contribution in [0.5, 0.6) is 11.5 Å². The van der Waals surface area contributed by atoms with Crippen molar-refractivity contribution < 1.29 is 10.2 Å². The van der Waals surface area contributed by atoms with E-state index in [0.29, 0.717) is 26.3 Å². The van der Waals surface area contributed by atoms with Gasteiger partial charge in [0.1, 0.15) is 0 Å². The predicted octanol–water partition coefficient (Wildman–Crippen LogP) is 4.50. The molecule has 0 atom stereocenters. The molecule has 0 heterocycles. The summed E-state index contributed by atoms with van der Waals surface area (Å²) in [7, 11) is 0. The van der Waals surface area contributed by atoms with E-state index in [1.54, 1.807) is 18.2 Å². The Bertz CT molecular complexity index is 652. The fraction of sp³-hybridized carbons (Fsp3) is 0. The molecule has 0 aromatic heterocycles. The molecule has 20 heavy (non-hydrogen) atoms. The number of hydrogen-bond acceptors (Lipinski definition) is 4. The van der Waals surface area contributed by atoms with Crippen LogP contribution in [-0.2, 0) is 0 Å². The number of aromatic hydroxyl groups is 2. The van der Waals surface area contributed by atoms with Crippen LogP contribution >= 0.6 is 34.8 Å². The average molecular weight is 332 g/mol. The van der Waals surface area contributed by atoms with E-state index in [0.717, 1.165) is 0 Å². The minimum atomic E-state index is -0.225. The van der Waals surface area contributed by atoms with Gasteiger partial charge in [-0.2, -0.15) is 5.10 Å². The Balaban J connectivity index is 2.16. The summed E-state index contributed by atoms with van der Waals surface area (Å²) in [5.41, 5.74) is 3.71. The maximum Gasteiger partial charge on any atom is 0.158 e. The molecule has 0 saturated heterocycles. The third kappa shape index (κ3) is 3.48. The van der Waals surface area contributed by atoms with Crippen LogP contribution in [0.25, 0.3) is 0 Å². The highest BCUT2D eigenvalue weighted by Crippen LogP contribution is 2.33. The zero-order valence-electron chi connectivity index (χ0n) is 9.94. The van der Waals surface area contributed by atoms with Crippen LogP contribution in [0.1, 0.15) is 5.56 Å². The van der Waals surface area contributed by atoms with Crippen molar-refractivity contribution in [1.29, 1.82) is 0 Å². The highest BCUT2D eigenvalue weighted by molar-refractivity contribution is 6.41. The third-order valence-corrected chi connectivity index (χ3v) is 3.21. The van der Waals surface area contributed by atoms with E-state index in [4.69, 9.17) is 34.8 Å². The lowest BCUT2D eigenvalue weighted by molar-refractivity contribution is 0.403. The summed E-state index contributed by atoms with van der Waals surface area (Å²) >= 11 is 17.8. The van der Waals surface area contributed by atoms with Crippen LogP contribution in [0.15, 0.2) is 35.4 Å². The van der Waals surface area contributed by atoms with Gasteiger partial charge in [0.15, 0.2) is 11.5 Å². The number of halogens is 3. The minimum Gasteiger partial charge on any atom is -0.504 e. The normalized spacial score (nSPS) is 10.9. The zero-order valence-corrected chi connectivity index (χ0v) is 12.2. The highest BCUT2D eigenvalue weighted by Gasteiger charge is 2.06. The van der Waals surface area contributed by atoms with Crippen molar-refractivity contribution in [3.05, 3.63) is 51.0 Å². The number of phenolic OH excluding ortho intramolecular Hbond substituents is 2. The second kappa shape index (κ2) is 6.22. The van der Waals surface area contributed by atoms with Crippen LogP contribution in [0.2, 0.25) is 15.1 Å². The fourth-order valence-electron chi connectivity index (χ4n) is 1.44. The van der Waals surface area contributed by atoms with Crippen LogP contribution in [0, 0.1) is 0 Å². The molecule has 2 aromatic carbocycles. The molecule has 0 unspecified atom stereocenters. The first-order valence-corrected chi connectivity index (χ1v) is 6.56. The molecule has 7 heteroatoms. The summed E-state index contributed by atoms with van der Waals surface area (Å²) in [6.45, 7) is 0. The SMILES string of the molecule is Oc1ccc(/C=N/Nc2c(Cl)cc(Cl)cc2Cl)cc1O. The van der Waals surface area contributed by atoms with Gasteiger partial charge in [-0.1, -0.05) is 34.8 Å². The van der Waals surface area contributed by atoms with Gasteiger partial charge in [-0.05, 0) is 35.9 Å². The molecule has 0 spiro atoms. The Morgan fingerprint density at radius 2 is 1.60 bits per heavy atom. The second-order valence-electron chi connectivity index (χ2n) is 3.86. The molecule has 3 N–H and O–H groups in total. The van der Waals surface area contributed by atoms with Gasteiger partial charge in [-0.25, -0.2) is 0 Å². The van der Waals surface area contributed by atoms with Crippen molar-refractivity contribution in [2.45, 2.75) is 0 Å². The number of nitrogens with zero attached hydrogens (tertiary/aromatic N) is 1. The molecule has 0 aliphatic carbocycles. The number of rotatable bonds is 3. The van der Waals surface area contributed by atoms with E-state index < -0.39 is 0 Å². The highest BCUT2D eigenvalue weighted by atomic mass is 35.5. The lowest BCUT2D eigenvalue weighted by Crippen LogP contribution is -1.92. The van der Waals surface area contributed by atoms with Crippen LogP contribution in [0.4, 0.5) is 5.69 Å². The van der Waals surface area contributed by atoms with Gasteiger partial charge < -0.3 is 10.2 Å². The quantitative estimate of drug-likeness (QED) is 0.440. The van der Waals surface area contributed by atoms with Crippen molar-refractivity contribution in [3.63, 3.8) is 0 Å². The molecule has 0 radical (unpaired) electrons. The topological polar surface area (TPSA) is 64.9 Å². The molecule has 0 fully saturated rings. The Labute approximate surface area is 130 Å². The molecule has 0 aliphatic rings. The summed E-state index contributed by atoms with van der Waals surface area (Å²) in [5.74, 6) is -0.421. The van der Waals surface area contributed by atoms with E-state index in [1.807, 2.05) is 0 Å². The Hall–Kier alpha value is -1.62. The first-order valence-electron chi connectivity index (χ1n) is 5.43. The van der Waals surface area contributed by atoms with E-state index in [-0.39, 0.29) is 11.5 Å². The monoisotopic (exact) mass is 330 g/mol. The molecule has 2 aromatic rings. The van der Waals surface area contributed by atoms with Gasteiger partial charge in [0.25, 0.3) is 0 Å². The van der Waals surface area contributed by atoms with Crippen LogP contribution in [0.3, 0.4) is 0 Å². The predicted molar refractivity (Wildman–Crippen MR) is 82.5 cm³/mol. The molecular formula is C13H9Cl3N2O2. The van der Waals surface area contributed by atoms with E-state index in [1.165, 1.54) is 18.3 Å². The van der Waals surface area contributed by atoms with Crippen LogP contribution < -0.4 is 5.43 Å². The van der Waals surface area contributed by atoms with E-state index in [2.05, 4.69) is 10.5 Å². The second-order valence-corrected chi connectivity index (χ2v) is 5.11. The number of nitrogens with one attached hydrogen (secondary N) is 1. The van der Waals surface area contributed by atoms with Gasteiger partial charge >= 0.3 is 0 Å². The molecule has 2 rings (SSSR count). The smallest absolute Gasteiger partial charge is 0.158 e. The largest absolute Gasteiger partial charge is 0.504 e. The van der Waals surface area contributed by atoms with Crippen molar-refractivity contribution >= 4 is 46.7 Å². The van der Waals surface area contributed by atoms with Crippen LogP contribution in [-0.4, -0.2) is 16.4 Å². The van der Waals surface area contributed by atoms with Crippen molar-refractivity contribution in [1.82, 2.24) is 0 Å². The Kier molecular flexibility index (Phi) is 4.60. The number of anilines is 1. The molecule has 0 bridgehead atoms. The average Bonchev–Trinajstić information content (AvgIpc) is 2.36. The summed E-state index contributed by atoms with van der Waals surface area (Å²) in [4.78, 5) is 0. The lowest BCUT2D eigenvalue weighted by atomic mass is 10.2. The molecule has 104 valence electrons. The van der Waals surface area contributed by atoms with E-state index >= 15 is 0 Å². The molecular weight excluding hydrogens is 323 g/mol. The van der Waals surface area contributed by atoms with Gasteiger partial charge in [0, 0.05) is 5.02 Å². The number of benzene rings is 2. The fourth-order valence-corrected chi connectivity index (χ4v) is 2.34. The van der Waals surface area contributed by atoms with E-state index in [9.17, 15) is 10.2 Å². The molecule has 0 saturated carbocycles. The summed E-state index contributed by atoms with van der Waals surface area (Å²) < 4.78 is 0. The van der Waals surface area contributed by atoms with Gasteiger partial charge in [0.2, 0.25) is 0 Å². The minimum absolute atomic E-state index is 0.195. The van der Waals surface area contributed by atoms with Crippen molar-refractivity contribution in [2.24, 2.45) is 5.10 Å². The summed E-state index contributed by atoms with van der Waals surface area (Å²) in [6, 6.07) is 7.40. The number of hydrazone groups is 1. The maximum absolute atomic E-state index is 9.35. The number of hydrogen-bond donors (Lipinski definition) is 3. The first kappa shape index (κ1) is 14.8. The van der Waals surface area contributed by atoms with Gasteiger partial charge in [-0.3, -0.25) is 5.43 Å². The summed E-state index contributed by atoms with van der Waals surface area (Å²) in [5, 5.41) is 23.6. The first-order chi connectivity index (χ1) is 9.47. The summed E-state index contributed by atoms with van der Waals surface area (Å²) in [6.07, 6.45) is 1.44. The molecule has 0 aliphatic heterocycles. The Morgan fingerprint density at radius 1 is 0.950 bits per heavy atom. The molecule has 0 amide bonds. The standard InChI is InChI=1S/C13H9Cl3N2O2/c14-8-4-9(15)13(10(16)5-8)18-17-6-7-1-2-11(19)12(20)3-7/h1-6,18-20H/b17-6+. The molecule has 4 nitrogen and oxygen atoms in total.